The van der Waals surface area contributed by atoms with Gasteiger partial charge in [-0.3, -0.25) is 4.99 Å². The number of aromatic nitrogens is 2. The molecule has 0 spiro atoms. The van der Waals surface area contributed by atoms with Crippen molar-refractivity contribution in [2.75, 3.05) is 14.2 Å². The molecule has 0 amide bonds. The van der Waals surface area contributed by atoms with Crippen LogP contribution in [0, 0.1) is 17.2 Å². The van der Waals surface area contributed by atoms with Crippen LogP contribution in [-0.4, -0.2) is 41.8 Å². The van der Waals surface area contributed by atoms with Gasteiger partial charge in [0.1, 0.15) is 11.8 Å². The van der Waals surface area contributed by atoms with Gasteiger partial charge in [0.2, 0.25) is 0 Å². The van der Waals surface area contributed by atoms with Gasteiger partial charge in [-0.25, -0.2) is 0 Å². The third-order valence-corrected chi connectivity index (χ3v) is 4.99. The molecule has 0 bridgehead atoms. The number of fused-ring (bicyclic) bond motifs is 1. The van der Waals surface area contributed by atoms with Crippen molar-refractivity contribution in [1.82, 2.24) is 15.5 Å². The highest BCUT2D eigenvalue weighted by Gasteiger charge is 2.40. The van der Waals surface area contributed by atoms with Crippen LogP contribution >= 0.6 is 0 Å². The normalized spacial score (nSPS) is 19.3. The van der Waals surface area contributed by atoms with Crippen LogP contribution in [0.5, 0.6) is 11.5 Å². The van der Waals surface area contributed by atoms with E-state index in [2.05, 4.69) is 49.3 Å². The lowest BCUT2D eigenvalue weighted by molar-refractivity contribution is 0.330. The summed E-state index contributed by atoms with van der Waals surface area (Å²) in [5, 5.41) is 22.5. The minimum Gasteiger partial charge on any atom is -0.493 e. The Morgan fingerprint density at radius 3 is 2.41 bits per heavy atom. The van der Waals surface area contributed by atoms with Gasteiger partial charge in [0.25, 0.3) is 0 Å². The molecule has 0 saturated heterocycles. The second-order valence-electron chi connectivity index (χ2n) is 7.64. The molecule has 0 saturated carbocycles. The number of methoxy groups -OCH3 is 2. The van der Waals surface area contributed by atoms with E-state index in [4.69, 9.17) is 14.5 Å². The Hall–Kier alpha value is -2.88. The summed E-state index contributed by atoms with van der Waals surface area (Å²) in [5.41, 5.74) is 1.18. The second-order valence-corrected chi connectivity index (χ2v) is 7.64. The van der Waals surface area contributed by atoms with Crippen LogP contribution in [0.4, 0.5) is 0 Å². The van der Waals surface area contributed by atoms with Crippen molar-refractivity contribution in [2.24, 2.45) is 10.9 Å². The Morgan fingerprint density at radius 1 is 1.19 bits per heavy atom. The van der Waals surface area contributed by atoms with E-state index in [1.165, 1.54) is 0 Å². The van der Waals surface area contributed by atoms with Crippen molar-refractivity contribution in [3.05, 3.63) is 23.9 Å². The van der Waals surface area contributed by atoms with Gasteiger partial charge in [0.05, 0.1) is 43.6 Å². The average molecular weight is 367 g/mol. The van der Waals surface area contributed by atoms with E-state index in [1.807, 2.05) is 6.07 Å². The highest BCUT2D eigenvalue weighted by Crippen LogP contribution is 2.36. The Bertz CT molecular complexity index is 930. The van der Waals surface area contributed by atoms with Crippen LogP contribution < -0.4 is 14.8 Å². The van der Waals surface area contributed by atoms with Crippen molar-refractivity contribution in [3.63, 3.8) is 0 Å². The summed E-state index contributed by atoms with van der Waals surface area (Å²) in [7, 11) is 3.16. The molecule has 0 radical (unpaired) electrons. The van der Waals surface area contributed by atoms with E-state index < -0.39 is 5.92 Å². The van der Waals surface area contributed by atoms with E-state index in [0.29, 0.717) is 28.8 Å². The molecule has 1 aliphatic heterocycles. The number of amidine groups is 1. The SMILES string of the molecule is COc1cc2nncc(C(C#N)C3=NC(C(C)C)C(C)(C)N3)c2cc1OC. The standard InChI is InChI=1S/C20H25N5O2/c1-11(2)18-20(3,4)24-19(23-18)13(9-21)14-10-22-25-15-8-17(27-6)16(26-5)7-12(14)15/h7-8,10-11,13,18H,1-6H3,(H,23,24). The van der Waals surface area contributed by atoms with Gasteiger partial charge in [0, 0.05) is 17.0 Å². The third kappa shape index (κ3) is 3.27. The van der Waals surface area contributed by atoms with Crippen LogP contribution in [0.2, 0.25) is 0 Å². The first-order valence-corrected chi connectivity index (χ1v) is 8.95. The van der Waals surface area contributed by atoms with Crippen molar-refractivity contribution < 1.29 is 9.47 Å². The highest BCUT2D eigenvalue weighted by atomic mass is 16.5. The number of ether oxygens (including phenoxy) is 2. The first-order valence-electron chi connectivity index (χ1n) is 8.95. The molecule has 7 heteroatoms. The largest absolute Gasteiger partial charge is 0.493 e. The lowest BCUT2D eigenvalue weighted by Crippen LogP contribution is -2.47. The molecule has 2 atom stereocenters. The predicted molar refractivity (Wildman–Crippen MR) is 104 cm³/mol. The molecule has 7 nitrogen and oxygen atoms in total. The fraction of sp³-hybridized carbons (Fsp3) is 0.500. The first-order chi connectivity index (χ1) is 12.8. The zero-order valence-electron chi connectivity index (χ0n) is 16.6. The summed E-state index contributed by atoms with van der Waals surface area (Å²) >= 11 is 0. The van der Waals surface area contributed by atoms with Crippen molar-refractivity contribution in [3.8, 4) is 17.6 Å². The summed E-state index contributed by atoms with van der Waals surface area (Å²) < 4.78 is 10.8. The molecule has 1 N–H and O–H groups in total. The second kappa shape index (κ2) is 7.03. The molecule has 1 aromatic carbocycles. The molecule has 3 rings (SSSR count). The zero-order chi connectivity index (χ0) is 19.8. The van der Waals surface area contributed by atoms with E-state index >= 15 is 0 Å². The molecule has 2 unspecified atom stereocenters. The van der Waals surface area contributed by atoms with Gasteiger partial charge in [-0.2, -0.15) is 15.5 Å². The molecule has 0 aliphatic carbocycles. The van der Waals surface area contributed by atoms with Gasteiger partial charge in [-0.15, -0.1) is 0 Å². The fourth-order valence-electron chi connectivity index (χ4n) is 3.79. The maximum absolute atomic E-state index is 9.95. The Morgan fingerprint density at radius 2 is 1.85 bits per heavy atom. The topological polar surface area (TPSA) is 92.4 Å². The molecule has 142 valence electrons. The van der Waals surface area contributed by atoms with Gasteiger partial charge in [0.15, 0.2) is 11.5 Å². The minimum atomic E-state index is -0.566. The van der Waals surface area contributed by atoms with Crippen LogP contribution in [0.15, 0.2) is 23.3 Å². The number of benzene rings is 1. The zero-order valence-corrected chi connectivity index (χ0v) is 16.6. The van der Waals surface area contributed by atoms with Crippen LogP contribution in [0.3, 0.4) is 0 Å². The van der Waals surface area contributed by atoms with Gasteiger partial charge in [-0.05, 0) is 25.8 Å². The van der Waals surface area contributed by atoms with Crippen molar-refractivity contribution in [2.45, 2.75) is 45.2 Å². The number of nitrogens with one attached hydrogen (secondary N) is 1. The number of rotatable bonds is 5. The van der Waals surface area contributed by atoms with E-state index in [1.54, 1.807) is 26.5 Å². The van der Waals surface area contributed by atoms with Gasteiger partial charge in [-0.1, -0.05) is 13.8 Å². The molecule has 1 aliphatic rings. The average Bonchev–Trinajstić information content (AvgIpc) is 2.96. The molecule has 0 fully saturated rings. The summed E-state index contributed by atoms with van der Waals surface area (Å²) in [5.74, 6) is 1.62. The molecular weight excluding hydrogens is 342 g/mol. The third-order valence-electron chi connectivity index (χ3n) is 4.99. The Kier molecular flexibility index (Phi) is 4.92. The van der Waals surface area contributed by atoms with Crippen LogP contribution in [0.1, 0.15) is 39.2 Å². The van der Waals surface area contributed by atoms with Crippen molar-refractivity contribution >= 4 is 16.7 Å². The van der Waals surface area contributed by atoms with Gasteiger partial charge >= 0.3 is 0 Å². The lowest BCUT2D eigenvalue weighted by atomic mass is 9.88. The van der Waals surface area contributed by atoms with Crippen molar-refractivity contribution in [1.29, 1.82) is 5.26 Å². The van der Waals surface area contributed by atoms with Crippen LogP contribution in [0.25, 0.3) is 10.9 Å². The van der Waals surface area contributed by atoms with Crippen LogP contribution in [-0.2, 0) is 0 Å². The van der Waals surface area contributed by atoms with E-state index in [0.717, 1.165) is 10.9 Å². The maximum Gasteiger partial charge on any atom is 0.162 e. The summed E-state index contributed by atoms with van der Waals surface area (Å²) in [6.45, 7) is 8.50. The molecule has 1 aromatic heterocycles. The summed E-state index contributed by atoms with van der Waals surface area (Å²) in [4.78, 5) is 4.85. The quantitative estimate of drug-likeness (QED) is 0.873. The fourth-order valence-corrected chi connectivity index (χ4v) is 3.79. The molecule has 2 heterocycles. The number of nitrogens with zero attached hydrogens (tertiary/aromatic N) is 4. The molecule has 27 heavy (non-hydrogen) atoms. The van der Waals surface area contributed by atoms with Gasteiger partial charge < -0.3 is 14.8 Å². The molecule has 2 aromatic rings. The Labute approximate surface area is 159 Å². The summed E-state index contributed by atoms with van der Waals surface area (Å²) in [6, 6.07) is 6.08. The monoisotopic (exact) mass is 367 g/mol. The summed E-state index contributed by atoms with van der Waals surface area (Å²) in [6.07, 6.45) is 1.63. The predicted octanol–water partition coefficient (Wildman–Crippen LogP) is 3.06. The first kappa shape index (κ1) is 18.9. The Balaban J connectivity index is 2.13. The highest BCUT2D eigenvalue weighted by molar-refractivity contribution is 5.98. The maximum atomic E-state index is 9.95. The number of nitriles is 1. The number of hydrogen-bond acceptors (Lipinski definition) is 7. The smallest absolute Gasteiger partial charge is 0.162 e. The van der Waals surface area contributed by atoms with E-state index in [9.17, 15) is 5.26 Å². The van der Waals surface area contributed by atoms with E-state index in [-0.39, 0.29) is 11.6 Å². The number of hydrogen-bond donors (Lipinski definition) is 1. The lowest BCUT2D eigenvalue weighted by Gasteiger charge is -2.29. The minimum absolute atomic E-state index is 0.0963. The number of aliphatic imine (C=N–C) groups is 1. The molecular formula is C20H25N5O2.